The second-order valence-electron chi connectivity index (χ2n) is 4.98. The molecule has 1 saturated carbocycles. The van der Waals surface area contributed by atoms with E-state index >= 15 is 0 Å². The minimum atomic E-state index is 0.186. The van der Waals surface area contributed by atoms with Gasteiger partial charge >= 0.3 is 0 Å². The molecule has 72 valence electrons. The number of hydrogen-bond donors (Lipinski definition) is 1. The van der Waals surface area contributed by atoms with E-state index in [1.54, 1.807) is 0 Å². The molecule has 0 aromatic heterocycles. The summed E-state index contributed by atoms with van der Waals surface area (Å²) in [5, 5.41) is 9.32. The third kappa shape index (κ3) is 1.52. The molecule has 1 rings (SSSR count). The van der Waals surface area contributed by atoms with E-state index in [0.29, 0.717) is 12.5 Å². The molecule has 1 nitrogen and oxygen atoms in total. The predicted octanol–water partition coefficient (Wildman–Crippen LogP) is 2.69. The van der Waals surface area contributed by atoms with Crippen molar-refractivity contribution in [1.82, 2.24) is 0 Å². The van der Waals surface area contributed by atoms with Gasteiger partial charge in [0.1, 0.15) is 0 Å². The lowest BCUT2D eigenvalue weighted by Gasteiger charge is -2.45. The molecule has 0 saturated heterocycles. The zero-order valence-corrected chi connectivity index (χ0v) is 8.80. The van der Waals surface area contributed by atoms with Crippen molar-refractivity contribution in [1.29, 1.82) is 0 Å². The van der Waals surface area contributed by atoms with Crippen LogP contribution < -0.4 is 0 Å². The third-order valence-electron chi connectivity index (χ3n) is 4.32. The zero-order valence-electron chi connectivity index (χ0n) is 8.80. The van der Waals surface area contributed by atoms with Crippen molar-refractivity contribution < 1.29 is 5.11 Å². The highest BCUT2D eigenvalue weighted by atomic mass is 16.3. The van der Waals surface area contributed by atoms with Crippen molar-refractivity contribution in [2.24, 2.45) is 23.2 Å². The molecule has 0 heterocycles. The summed E-state index contributed by atoms with van der Waals surface area (Å²) in [6.07, 6.45) is 2.47. The molecule has 1 aliphatic rings. The normalized spacial score (nSPS) is 49.2. The molecule has 0 aliphatic heterocycles. The summed E-state index contributed by atoms with van der Waals surface area (Å²) in [6, 6.07) is 0. The minimum absolute atomic E-state index is 0.186. The monoisotopic (exact) mass is 170 g/mol. The molecule has 1 fully saturated rings. The first-order valence-corrected chi connectivity index (χ1v) is 5.12. The van der Waals surface area contributed by atoms with Gasteiger partial charge in [0.2, 0.25) is 0 Å². The van der Waals surface area contributed by atoms with Crippen LogP contribution in [0.2, 0.25) is 0 Å². The first-order chi connectivity index (χ1) is 5.51. The van der Waals surface area contributed by atoms with Gasteiger partial charge in [-0.25, -0.2) is 0 Å². The summed E-state index contributed by atoms with van der Waals surface area (Å²) < 4.78 is 0. The first-order valence-electron chi connectivity index (χ1n) is 5.12. The van der Waals surface area contributed by atoms with Crippen molar-refractivity contribution in [3.05, 3.63) is 0 Å². The molecule has 0 radical (unpaired) electrons. The number of aliphatic hydroxyl groups is 1. The maximum absolute atomic E-state index is 9.32. The Morgan fingerprint density at radius 2 is 1.92 bits per heavy atom. The van der Waals surface area contributed by atoms with E-state index in [9.17, 15) is 5.11 Å². The molecule has 0 spiro atoms. The highest BCUT2D eigenvalue weighted by Gasteiger charge is 2.39. The van der Waals surface area contributed by atoms with E-state index in [2.05, 4.69) is 27.7 Å². The predicted molar refractivity (Wildman–Crippen MR) is 51.9 cm³/mol. The van der Waals surface area contributed by atoms with E-state index in [1.807, 2.05) is 0 Å². The minimum Gasteiger partial charge on any atom is -0.396 e. The summed E-state index contributed by atoms with van der Waals surface area (Å²) in [5.41, 5.74) is 0.186. The molecule has 1 N–H and O–H groups in total. The summed E-state index contributed by atoms with van der Waals surface area (Å²) in [7, 11) is 0. The topological polar surface area (TPSA) is 20.2 Å². The molecule has 0 aromatic carbocycles. The van der Waals surface area contributed by atoms with Crippen molar-refractivity contribution >= 4 is 0 Å². The lowest BCUT2D eigenvalue weighted by Crippen LogP contribution is -2.40. The lowest BCUT2D eigenvalue weighted by molar-refractivity contribution is -0.00442. The molecular weight excluding hydrogens is 148 g/mol. The Balaban J connectivity index is 2.71. The van der Waals surface area contributed by atoms with Crippen LogP contribution in [0, 0.1) is 23.2 Å². The standard InChI is InChI=1S/C11H22O/c1-8-5-6-11(4,7-12)10(3)9(8)2/h8-10,12H,5-7H2,1-4H3. The Labute approximate surface area is 76.2 Å². The van der Waals surface area contributed by atoms with Crippen LogP contribution in [0.1, 0.15) is 40.5 Å². The van der Waals surface area contributed by atoms with Gasteiger partial charge in [-0.1, -0.05) is 27.7 Å². The summed E-state index contributed by atoms with van der Waals surface area (Å²) in [4.78, 5) is 0. The number of rotatable bonds is 1. The molecule has 0 bridgehead atoms. The van der Waals surface area contributed by atoms with Gasteiger partial charge in [0.05, 0.1) is 0 Å². The maximum Gasteiger partial charge on any atom is 0.0487 e. The molecule has 12 heavy (non-hydrogen) atoms. The van der Waals surface area contributed by atoms with Crippen LogP contribution in [-0.4, -0.2) is 11.7 Å². The summed E-state index contributed by atoms with van der Waals surface area (Å²) in [5.74, 6) is 2.25. The van der Waals surface area contributed by atoms with Crippen LogP contribution in [0.3, 0.4) is 0 Å². The fourth-order valence-electron chi connectivity index (χ4n) is 2.40. The molecule has 0 aromatic rings. The molecule has 4 atom stereocenters. The van der Waals surface area contributed by atoms with Crippen LogP contribution in [-0.2, 0) is 0 Å². The van der Waals surface area contributed by atoms with Gasteiger partial charge in [0, 0.05) is 6.61 Å². The molecule has 4 unspecified atom stereocenters. The van der Waals surface area contributed by atoms with E-state index in [0.717, 1.165) is 11.8 Å². The quantitative estimate of drug-likeness (QED) is 0.641. The van der Waals surface area contributed by atoms with E-state index in [-0.39, 0.29) is 5.41 Å². The van der Waals surface area contributed by atoms with Gasteiger partial charge in [0.15, 0.2) is 0 Å². The van der Waals surface area contributed by atoms with Gasteiger partial charge in [-0.3, -0.25) is 0 Å². The van der Waals surface area contributed by atoms with Crippen molar-refractivity contribution in [2.45, 2.75) is 40.5 Å². The number of hydrogen-bond acceptors (Lipinski definition) is 1. The van der Waals surface area contributed by atoms with Crippen LogP contribution in [0.15, 0.2) is 0 Å². The van der Waals surface area contributed by atoms with Gasteiger partial charge < -0.3 is 5.11 Å². The fourth-order valence-corrected chi connectivity index (χ4v) is 2.40. The van der Waals surface area contributed by atoms with Gasteiger partial charge in [-0.15, -0.1) is 0 Å². The Morgan fingerprint density at radius 1 is 1.33 bits per heavy atom. The summed E-state index contributed by atoms with van der Waals surface area (Å²) in [6.45, 7) is 9.52. The number of aliphatic hydroxyl groups excluding tert-OH is 1. The van der Waals surface area contributed by atoms with E-state index in [4.69, 9.17) is 0 Å². The first kappa shape index (κ1) is 10.0. The SMILES string of the molecule is CC1CCC(C)(CO)C(C)C1C. The fraction of sp³-hybridized carbons (Fsp3) is 1.00. The largest absolute Gasteiger partial charge is 0.396 e. The second-order valence-corrected chi connectivity index (χ2v) is 4.98. The highest BCUT2D eigenvalue weighted by molar-refractivity contribution is 4.89. The van der Waals surface area contributed by atoms with Crippen molar-refractivity contribution in [3.63, 3.8) is 0 Å². The molecular formula is C11H22O. The van der Waals surface area contributed by atoms with Crippen LogP contribution in [0.5, 0.6) is 0 Å². The highest BCUT2D eigenvalue weighted by Crippen LogP contribution is 2.45. The van der Waals surface area contributed by atoms with Gasteiger partial charge in [0.25, 0.3) is 0 Å². The van der Waals surface area contributed by atoms with E-state index in [1.165, 1.54) is 12.8 Å². The third-order valence-corrected chi connectivity index (χ3v) is 4.32. The van der Waals surface area contributed by atoms with E-state index < -0.39 is 0 Å². The second kappa shape index (κ2) is 3.37. The van der Waals surface area contributed by atoms with Crippen molar-refractivity contribution in [2.75, 3.05) is 6.61 Å². The van der Waals surface area contributed by atoms with Crippen LogP contribution >= 0.6 is 0 Å². The van der Waals surface area contributed by atoms with Crippen molar-refractivity contribution in [3.8, 4) is 0 Å². The van der Waals surface area contributed by atoms with Crippen LogP contribution in [0.25, 0.3) is 0 Å². The lowest BCUT2D eigenvalue weighted by atomic mass is 9.61. The molecule has 1 heteroatoms. The average Bonchev–Trinajstić information content (AvgIpc) is 2.09. The van der Waals surface area contributed by atoms with Crippen LogP contribution in [0.4, 0.5) is 0 Å². The van der Waals surface area contributed by atoms with Gasteiger partial charge in [-0.2, -0.15) is 0 Å². The Bertz CT molecular complexity index is 155. The summed E-state index contributed by atoms with van der Waals surface area (Å²) >= 11 is 0. The maximum atomic E-state index is 9.32. The van der Waals surface area contributed by atoms with Gasteiger partial charge in [-0.05, 0) is 36.0 Å². The smallest absolute Gasteiger partial charge is 0.0487 e. The Hall–Kier alpha value is -0.0400. The molecule has 1 aliphatic carbocycles. The molecule has 0 amide bonds. The average molecular weight is 170 g/mol. The Kier molecular flexibility index (Phi) is 2.82. The zero-order chi connectivity index (χ0) is 9.35. The Morgan fingerprint density at radius 3 is 2.42 bits per heavy atom.